The van der Waals surface area contributed by atoms with Crippen molar-refractivity contribution in [3.63, 3.8) is 0 Å². The molecule has 0 bridgehead atoms. The molecule has 0 aliphatic heterocycles. The first kappa shape index (κ1) is 30.2. The van der Waals surface area contributed by atoms with Crippen LogP contribution in [0, 0.1) is 0 Å². The number of hydrogen-bond donors (Lipinski definition) is 5. The van der Waals surface area contributed by atoms with E-state index in [1.165, 1.54) is 51.4 Å². The van der Waals surface area contributed by atoms with Gasteiger partial charge in [-0.3, -0.25) is 8.98 Å². The number of aliphatic hydroxyl groups excluding tert-OH is 4. The van der Waals surface area contributed by atoms with Gasteiger partial charge >= 0.3 is 0 Å². The summed E-state index contributed by atoms with van der Waals surface area (Å²) in [5.74, 6) is -0.931. The number of unbranched alkanes of at least 4 members (excludes halogenated alkanes) is 11. The highest BCUT2D eigenvalue weighted by molar-refractivity contribution is 7.80. The van der Waals surface area contributed by atoms with Crippen molar-refractivity contribution in [3.05, 3.63) is 0 Å². The van der Waals surface area contributed by atoms with Crippen LogP contribution < -0.4 is 5.32 Å². The largest absolute Gasteiger partial charge is 0.726 e. The van der Waals surface area contributed by atoms with Crippen molar-refractivity contribution in [2.45, 2.75) is 108 Å². The Morgan fingerprint density at radius 3 is 1.74 bits per heavy atom. The Hall–Kier alpha value is -0.820. The van der Waals surface area contributed by atoms with Gasteiger partial charge in [-0.15, -0.1) is 0 Å². The molecule has 0 fully saturated rings. The van der Waals surface area contributed by atoms with Crippen LogP contribution in [0.2, 0.25) is 0 Å². The van der Waals surface area contributed by atoms with E-state index in [4.69, 9.17) is 0 Å². The van der Waals surface area contributed by atoms with Crippen LogP contribution in [0.5, 0.6) is 0 Å². The summed E-state index contributed by atoms with van der Waals surface area (Å²) in [6.45, 7) is 1.38. The molecule has 31 heavy (non-hydrogen) atoms. The van der Waals surface area contributed by atoms with Gasteiger partial charge in [-0.05, 0) is 6.42 Å². The van der Waals surface area contributed by atoms with E-state index in [1.807, 2.05) is 0 Å². The molecule has 5 N–H and O–H groups in total. The Kier molecular flexibility index (Phi) is 17.2. The lowest BCUT2D eigenvalue weighted by molar-refractivity contribution is -0.148. The van der Waals surface area contributed by atoms with E-state index >= 15 is 0 Å². The third-order valence-electron chi connectivity index (χ3n) is 5.05. The van der Waals surface area contributed by atoms with Gasteiger partial charge in [-0.1, -0.05) is 77.6 Å². The summed E-state index contributed by atoms with van der Waals surface area (Å²) in [7, 11) is -5.09. The normalized spacial score (nSPS) is 15.9. The van der Waals surface area contributed by atoms with Gasteiger partial charge in [0.15, 0.2) is 6.10 Å². The van der Waals surface area contributed by atoms with E-state index in [-0.39, 0.29) is 6.54 Å². The molecular formula is C20H40NO9S-. The molecule has 0 rings (SSSR count). The summed E-state index contributed by atoms with van der Waals surface area (Å²) in [5, 5.41) is 41.1. The third kappa shape index (κ3) is 16.5. The average Bonchev–Trinajstić information content (AvgIpc) is 2.72. The fourth-order valence-electron chi connectivity index (χ4n) is 3.10. The van der Waals surface area contributed by atoms with E-state index < -0.39 is 47.3 Å². The number of hydrogen-bond acceptors (Lipinski definition) is 9. The highest BCUT2D eigenvalue weighted by Crippen LogP contribution is 2.12. The van der Waals surface area contributed by atoms with Crippen LogP contribution in [0.15, 0.2) is 0 Å². The van der Waals surface area contributed by atoms with E-state index in [9.17, 15) is 38.2 Å². The fraction of sp³-hybridized carbons (Fsp3) is 0.950. The molecule has 0 unspecified atom stereocenters. The zero-order valence-electron chi connectivity index (χ0n) is 18.4. The molecule has 186 valence electrons. The van der Waals surface area contributed by atoms with Gasteiger partial charge in [-0.25, -0.2) is 8.42 Å². The maximum absolute atomic E-state index is 11.8. The van der Waals surface area contributed by atoms with E-state index in [0.717, 1.165) is 19.3 Å². The topological polar surface area (TPSA) is 176 Å². The minimum atomic E-state index is -5.09. The number of aliphatic hydroxyl groups is 4. The van der Waals surface area contributed by atoms with Gasteiger partial charge in [0.25, 0.3) is 5.91 Å². The van der Waals surface area contributed by atoms with E-state index in [0.29, 0.717) is 6.42 Å². The minimum Gasteiger partial charge on any atom is -0.726 e. The van der Waals surface area contributed by atoms with Crippen molar-refractivity contribution in [2.24, 2.45) is 0 Å². The number of rotatable bonds is 20. The summed E-state index contributed by atoms with van der Waals surface area (Å²) in [6.07, 6.45) is 5.84. The maximum Gasteiger partial charge on any atom is 0.251 e. The monoisotopic (exact) mass is 470 g/mol. The molecule has 0 saturated carbocycles. The molecule has 10 nitrogen and oxygen atoms in total. The molecule has 0 radical (unpaired) electrons. The Labute approximate surface area is 186 Å². The van der Waals surface area contributed by atoms with Crippen LogP contribution in [-0.4, -0.2) is 76.9 Å². The van der Waals surface area contributed by atoms with Gasteiger partial charge in [0.2, 0.25) is 10.4 Å². The zero-order valence-corrected chi connectivity index (χ0v) is 19.3. The smallest absolute Gasteiger partial charge is 0.251 e. The fourth-order valence-corrected chi connectivity index (χ4v) is 3.41. The first-order chi connectivity index (χ1) is 14.6. The first-order valence-corrected chi connectivity index (χ1v) is 12.5. The standard InChI is InChI=1S/C20H41NO9S/c1-2-3-4-5-6-7-8-9-10-11-12-13-14-21-20(26)19(25)18(24)17(23)16(22)15-30-31(27,28)29/h16-19,22-25H,2-15H2,1H3,(H,21,26)(H,27,28,29)/p-1/t16-,17-,18+,19-/m1/s1. The molecule has 0 spiro atoms. The Morgan fingerprint density at radius 2 is 1.29 bits per heavy atom. The second-order valence-corrected chi connectivity index (χ2v) is 8.92. The molecule has 4 atom stereocenters. The van der Waals surface area contributed by atoms with Crippen molar-refractivity contribution >= 4 is 16.3 Å². The Balaban J connectivity index is 3.82. The van der Waals surface area contributed by atoms with E-state index in [1.54, 1.807) is 0 Å². The lowest BCUT2D eigenvalue weighted by Crippen LogP contribution is -2.52. The number of amides is 1. The molecule has 0 aliphatic carbocycles. The first-order valence-electron chi connectivity index (χ1n) is 11.2. The predicted octanol–water partition coefficient (Wildman–Crippen LogP) is 0.724. The molecule has 0 saturated heterocycles. The predicted molar refractivity (Wildman–Crippen MR) is 114 cm³/mol. The third-order valence-corrected chi connectivity index (χ3v) is 5.47. The quantitative estimate of drug-likeness (QED) is 0.0974. The van der Waals surface area contributed by atoms with Crippen LogP contribution in [0.1, 0.15) is 84.0 Å². The van der Waals surface area contributed by atoms with Gasteiger partial charge in [0.05, 0.1) is 6.61 Å². The molecule has 0 aromatic carbocycles. The lowest BCUT2D eigenvalue weighted by atomic mass is 10.0. The number of nitrogens with one attached hydrogen (secondary N) is 1. The summed E-state index contributed by atoms with van der Waals surface area (Å²) in [4.78, 5) is 11.8. The average molecular weight is 471 g/mol. The molecule has 1 amide bonds. The van der Waals surface area contributed by atoms with Crippen LogP contribution >= 0.6 is 0 Å². The van der Waals surface area contributed by atoms with Gasteiger partial charge in [0.1, 0.15) is 18.3 Å². The molecular weight excluding hydrogens is 430 g/mol. The van der Waals surface area contributed by atoms with Crippen molar-refractivity contribution in [1.82, 2.24) is 5.32 Å². The highest BCUT2D eigenvalue weighted by Gasteiger charge is 2.34. The summed E-state index contributed by atoms with van der Waals surface area (Å²) < 4.78 is 34.7. The van der Waals surface area contributed by atoms with Gasteiger partial charge < -0.3 is 30.3 Å². The molecule has 0 aliphatic rings. The van der Waals surface area contributed by atoms with Crippen molar-refractivity contribution in [1.29, 1.82) is 0 Å². The van der Waals surface area contributed by atoms with Crippen molar-refractivity contribution in [3.8, 4) is 0 Å². The maximum atomic E-state index is 11.8. The van der Waals surface area contributed by atoms with Crippen LogP contribution in [0.25, 0.3) is 0 Å². The van der Waals surface area contributed by atoms with Crippen LogP contribution in [-0.2, 0) is 19.4 Å². The minimum absolute atomic E-state index is 0.288. The molecule has 0 heterocycles. The number of carbonyl (C=O) groups excluding carboxylic acids is 1. The molecule has 11 heteroatoms. The Bertz CT molecular complexity index is 559. The summed E-state index contributed by atoms with van der Waals surface area (Å²) >= 11 is 0. The van der Waals surface area contributed by atoms with Gasteiger partial charge in [0, 0.05) is 6.54 Å². The van der Waals surface area contributed by atoms with E-state index in [2.05, 4.69) is 16.4 Å². The second-order valence-electron chi connectivity index (χ2n) is 7.87. The molecule has 0 aromatic heterocycles. The number of carbonyl (C=O) groups is 1. The van der Waals surface area contributed by atoms with Crippen LogP contribution in [0.3, 0.4) is 0 Å². The molecule has 0 aromatic rings. The second kappa shape index (κ2) is 17.7. The van der Waals surface area contributed by atoms with Crippen molar-refractivity contribution in [2.75, 3.05) is 13.2 Å². The summed E-state index contributed by atoms with van der Waals surface area (Å²) in [6, 6.07) is 0. The SMILES string of the molecule is CCCCCCCCCCCCCCNC(=O)[C@H](O)[C@@H](O)[C@H](O)[C@H](O)COS(=O)(=O)[O-]. The highest BCUT2D eigenvalue weighted by atomic mass is 32.3. The van der Waals surface area contributed by atoms with Gasteiger partial charge in [-0.2, -0.15) is 0 Å². The van der Waals surface area contributed by atoms with Crippen molar-refractivity contribution < 1.29 is 42.4 Å². The zero-order chi connectivity index (χ0) is 23.7. The summed E-state index contributed by atoms with van der Waals surface area (Å²) in [5.41, 5.74) is 0. The van der Waals surface area contributed by atoms with Crippen LogP contribution in [0.4, 0.5) is 0 Å². The lowest BCUT2D eigenvalue weighted by Gasteiger charge is -2.26. The Morgan fingerprint density at radius 1 is 0.839 bits per heavy atom.